The highest BCUT2D eigenvalue weighted by atomic mass is 19.1. The van der Waals surface area contributed by atoms with Crippen LogP contribution in [0.5, 0.6) is 0 Å². The van der Waals surface area contributed by atoms with Gasteiger partial charge in [0.1, 0.15) is 5.82 Å². The molecule has 1 aromatic carbocycles. The molecule has 1 aliphatic rings. The summed E-state index contributed by atoms with van der Waals surface area (Å²) in [5, 5.41) is 15.9. The molecule has 1 aromatic rings. The Balaban J connectivity index is 2.50. The second-order valence-electron chi connectivity index (χ2n) is 5.93. The van der Waals surface area contributed by atoms with E-state index in [0.29, 0.717) is 16.8 Å². The molecule has 0 bridgehead atoms. The number of ketones is 1. The third-order valence-corrected chi connectivity index (χ3v) is 3.99. The van der Waals surface area contributed by atoms with E-state index in [1.165, 1.54) is 19.1 Å². The molecule has 1 aliphatic heterocycles. The van der Waals surface area contributed by atoms with Crippen molar-refractivity contribution in [1.29, 1.82) is 0 Å². The molecule has 0 aliphatic carbocycles. The summed E-state index contributed by atoms with van der Waals surface area (Å²) >= 11 is 0. The maximum atomic E-state index is 14.3. The van der Waals surface area contributed by atoms with Crippen LogP contribution in [0.25, 0.3) is 16.1 Å². The first kappa shape index (κ1) is 20.2. The Bertz CT molecular complexity index is 886. The number of halogens is 1. The normalized spacial score (nSPS) is 13.5. The monoisotopic (exact) mass is 374 g/mol. The summed E-state index contributed by atoms with van der Waals surface area (Å²) in [6, 6.07) is 2.51. The van der Waals surface area contributed by atoms with Gasteiger partial charge in [-0.05, 0) is 37.1 Å². The van der Waals surface area contributed by atoms with Gasteiger partial charge in [-0.1, -0.05) is 11.2 Å². The number of carboxylic acids is 1. The first-order valence-corrected chi connectivity index (χ1v) is 8.17. The molecular weight excluding hydrogens is 355 g/mol. The molecule has 2 N–H and O–H groups in total. The Morgan fingerprint density at radius 2 is 2.19 bits per heavy atom. The molecule has 2 rings (SSSR count). The van der Waals surface area contributed by atoms with Crippen LogP contribution in [0.3, 0.4) is 0 Å². The van der Waals surface area contributed by atoms with Crippen LogP contribution in [0.4, 0.5) is 4.39 Å². The molecular formula is C18H19FN4O4. The average Bonchev–Trinajstić information content (AvgIpc) is 2.61. The number of nitrogens with zero attached hydrogens (tertiary/aromatic N) is 3. The van der Waals surface area contributed by atoms with E-state index < -0.39 is 17.6 Å². The molecule has 0 radical (unpaired) electrons. The van der Waals surface area contributed by atoms with Gasteiger partial charge < -0.3 is 15.2 Å². The number of allylic oxidation sites excluding steroid dienone is 2. The minimum Gasteiger partial charge on any atom is -0.478 e. The van der Waals surface area contributed by atoms with Gasteiger partial charge in [0.15, 0.2) is 5.78 Å². The first-order valence-electron chi connectivity index (χ1n) is 8.17. The lowest BCUT2D eigenvalue weighted by atomic mass is 9.94. The van der Waals surface area contributed by atoms with Crippen LogP contribution in [-0.4, -0.2) is 30.0 Å². The summed E-state index contributed by atoms with van der Waals surface area (Å²) in [4.78, 5) is 26.0. The van der Waals surface area contributed by atoms with E-state index in [2.05, 4.69) is 15.3 Å². The minimum absolute atomic E-state index is 0.0355. The quantitative estimate of drug-likeness (QED) is 0.237. The zero-order chi connectivity index (χ0) is 20.0. The van der Waals surface area contributed by atoms with Gasteiger partial charge in [-0.15, -0.1) is 0 Å². The van der Waals surface area contributed by atoms with E-state index in [0.717, 1.165) is 5.70 Å². The fourth-order valence-corrected chi connectivity index (χ4v) is 2.67. The number of azide groups is 1. The number of carbonyl (C=O) groups excluding carboxylic acids is 1. The van der Waals surface area contributed by atoms with Gasteiger partial charge >= 0.3 is 5.97 Å². The van der Waals surface area contributed by atoms with Gasteiger partial charge in [0.2, 0.25) is 0 Å². The highest BCUT2D eigenvalue weighted by Crippen LogP contribution is 2.29. The molecule has 0 saturated carbocycles. The maximum Gasteiger partial charge on any atom is 0.334 e. The van der Waals surface area contributed by atoms with Gasteiger partial charge in [0, 0.05) is 29.1 Å². The molecule has 1 heterocycles. The van der Waals surface area contributed by atoms with Crippen molar-refractivity contribution in [3.63, 3.8) is 0 Å². The van der Waals surface area contributed by atoms with Gasteiger partial charge in [-0.2, -0.15) is 0 Å². The van der Waals surface area contributed by atoms with Crippen LogP contribution in [0.1, 0.15) is 41.8 Å². The Morgan fingerprint density at radius 1 is 1.44 bits per heavy atom. The summed E-state index contributed by atoms with van der Waals surface area (Å²) in [5.41, 5.74) is 10.1. The number of dihydropyridines is 1. The van der Waals surface area contributed by atoms with Gasteiger partial charge in [-0.25, -0.2) is 9.18 Å². The van der Waals surface area contributed by atoms with Crippen molar-refractivity contribution in [2.45, 2.75) is 26.9 Å². The van der Waals surface area contributed by atoms with Gasteiger partial charge in [0.05, 0.1) is 30.0 Å². The Kier molecular flexibility index (Phi) is 6.70. The van der Waals surface area contributed by atoms with Crippen molar-refractivity contribution in [2.24, 2.45) is 5.11 Å². The average molecular weight is 374 g/mol. The smallest absolute Gasteiger partial charge is 0.334 e. The van der Waals surface area contributed by atoms with E-state index in [4.69, 9.17) is 10.3 Å². The van der Waals surface area contributed by atoms with Crippen LogP contribution >= 0.6 is 0 Å². The molecule has 9 heteroatoms. The third-order valence-electron chi connectivity index (χ3n) is 3.99. The zero-order valence-corrected chi connectivity index (χ0v) is 15.0. The molecule has 0 fully saturated rings. The number of ether oxygens (including phenoxy) is 1. The lowest BCUT2D eigenvalue weighted by Gasteiger charge is -2.22. The van der Waals surface area contributed by atoms with Crippen molar-refractivity contribution in [2.75, 3.05) is 13.2 Å². The summed E-state index contributed by atoms with van der Waals surface area (Å²) in [5.74, 6) is -2.28. The van der Waals surface area contributed by atoms with E-state index in [-0.39, 0.29) is 37.3 Å². The van der Waals surface area contributed by atoms with Crippen LogP contribution in [0, 0.1) is 5.82 Å². The van der Waals surface area contributed by atoms with E-state index >= 15 is 0 Å². The second-order valence-corrected chi connectivity index (χ2v) is 5.93. The number of Topliss-reactive ketones (excluding diaryl/α,β-unsaturated/α-hetero) is 1. The predicted octanol–water partition coefficient (Wildman–Crippen LogP) is 3.55. The first-order chi connectivity index (χ1) is 12.8. The number of rotatable bonds is 8. The zero-order valence-electron chi connectivity index (χ0n) is 15.0. The molecule has 0 spiro atoms. The minimum atomic E-state index is -1.11. The van der Waals surface area contributed by atoms with E-state index in [1.54, 1.807) is 13.0 Å². The third kappa shape index (κ3) is 4.93. The number of benzene rings is 1. The van der Waals surface area contributed by atoms with Crippen molar-refractivity contribution >= 4 is 17.4 Å². The lowest BCUT2D eigenvalue weighted by Crippen LogP contribution is -2.21. The highest BCUT2D eigenvalue weighted by molar-refractivity contribution is 5.99. The number of hydrogen-bond donors (Lipinski definition) is 2. The fourth-order valence-electron chi connectivity index (χ4n) is 2.67. The van der Waals surface area contributed by atoms with Crippen molar-refractivity contribution in [3.8, 4) is 0 Å². The van der Waals surface area contributed by atoms with Gasteiger partial charge in [-0.3, -0.25) is 4.79 Å². The largest absolute Gasteiger partial charge is 0.478 e. The topological polar surface area (TPSA) is 124 Å². The Hall–Kier alpha value is -3.16. The van der Waals surface area contributed by atoms with Crippen molar-refractivity contribution < 1.29 is 23.8 Å². The van der Waals surface area contributed by atoms with Crippen molar-refractivity contribution in [1.82, 2.24) is 5.32 Å². The Morgan fingerprint density at radius 3 is 2.81 bits per heavy atom. The molecule has 0 amide bonds. The molecule has 0 aromatic heterocycles. The molecule has 8 nitrogen and oxygen atoms in total. The number of aliphatic carboxylic acids is 1. The summed E-state index contributed by atoms with van der Waals surface area (Å²) in [6.45, 7) is 3.22. The highest BCUT2D eigenvalue weighted by Gasteiger charge is 2.23. The standard InChI is InChI=1S/C18H19FN4O4/c1-10-3-4-13(18(25)26)17(22-10)15-8-14(11(2)24)16(19)7-12(15)9-27-6-5-21-23-20/h3,7-8,22H,4-6,9H2,1-2H3,(H,25,26). The molecule has 142 valence electrons. The van der Waals surface area contributed by atoms with Crippen molar-refractivity contribution in [3.05, 3.63) is 62.4 Å². The maximum absolute atomic E-state index is 14.3. The number of carboxylic acid groups (broad SMARTS) is 1. The van der Waals surface area contributed by atoms with Crippen LogP contribution < -0.4 is 5.32 Å². The Labute approximate surface area is 155 Å². The van der Waals surface area contributed by atoms with Crippen LogP contribution in [-0.2, 0) is 16.1 Å². The molecule has 0 atom stereocenters. The lowest BCUT2D eigenvalue weighted by molar-refractivity contribution is -0.132. The molecule has 0 saturated heterocycles. The number of hydrogen-bond acceptors (Lipinski definition) is 5. The SMILES string of the molecule is CC(=O)c1cc(C2=C(C(=O)O)CC=C(C)N2)c(COCCN=[N+]=[N-])cc1F. The van der Waals surface area contributed by atoms with Crippen LogP contribution in [0.2, 0.25) is 0 Å². The second kappa shape index (κ2) is 8.98. The fraction of sp³-hybridized carbons (Fsp3) is 0.333. The predicted molar refractivity (Wildman–Crippen MR) is 96.1 cm³/mol. The molecule has 0 unspecified atom stereocenters. The number of nitrogens with one attached hydrogen (secondary N) is 1. The van der Waals surface area contributed by atoms with Crippen LogP contribution in [0.15, 0.2) is 34.6 Å². The summed E-state index contributed by atoms with van der Waals surface area (Å²) in [6.07, 6.45) is 1.94. The summed E-state index contributed by atoms with van der Waals surface area (Å²) < 4.78 is 19.7. The van der Waals surface area contributed by atoms with E-state index in [1.807, 2.05) is 0 Å². The number of carbonyl (C=O) groups is 2. The van der Waals surface area contributed by atoms with E-state index in [9.17, 15) is 19.1 Å². The summed E-state index contributed by atoms with van der Waals surface area (Å²) in [7, 11) is 0. The molecule has 27 heavy (non-hydrogen) atoms. The van der Waals surface area contributed by atoms with Gasteiger partial charge in [0.25, 0.3) is 0 Å².